The molecule has 2 aromatic heterocycles. The Hall–Kier alpha value is -3.46. The average Bonchev–Trinajstić information content (AvgIpc) is 3.39. The number of piperazine rings is 1. The van der Waals surface area contributed by atoms with Crippen LogP contribution in [0.2, 0.25) is 5.02 Å². The van der Waals surface area contributed by atoms with Crippen LogP contribution >= 0.6 is 11.6 Å². The zero-order valence-electron chi connectivity index (χ0n) is 18.0. The van der Waals surface area contributed by atoms with E-state index < -0.39 is 5.82 Å². The van der Waals surface area contributed by atoms with Crippen LogP contribution in [0.1, 0.15) is 22.9 Å². The Morgan fingerprint density at radius 1 is 1.26 bits per heavy atom. The van der Waals surface area contributed by atoms with Gasteiger partial charge in [-0.2, -0.15) is 9.94 Å². The molecule has 5 rings (SSSR count). The van der Waals surface area contributed by atoms with Crippen LogP contribution in [-0.4, -0.2) is 79.7 Å². The number of rotatable bonds is 4. The first kappa shape index (κ1) is 22.3. The van der Waals surface area contributed by atoms with Crippen LogP contribution in [0.4, 0.5) is 4.39 Å². The second-order valence-corrected chi connectivity index (χ2v) is 8.56. The number of aromatic nitrogens is 5. The number of amides is 1. The van der Waals surface area contributed by atoms with Crippen molar-refractivity contribution >= 4 is 17.5 Å². The molecule has 2 saturated heterocycles. The maximum atomic E-state index is 13.8. The Morgan fingerprint density at radius 3 is 2.88 bits per heavy atom. The number of hydrogen-bond acceptors (Lipinski definition) is 8. The summed E-state index contributed by atoms with van der Waals surface area (Å²) >= 11 is 6.27. The van der Waals surface area contributed by atoms with Crippen molar-refractivity contribution in [3.63, 3.8) is 0 Å². The molecule has 1 aromatic carbocycles. The average molecular weight is 483 g/mol. The normalized spacial score (nSPS) is 20.6. The molecule has 174 valence electrons. The van der Waals surface area contributed by atoms with Crippen molar-refractivity contribution in [2.45, 2.75) is 18.6 Å². The Bertz CT molecular complexity index is 1230. The molecule has 1 amide bonds. The number of ether oxygens (including phenoxy) is 1. The van der Waals surface area contributed by atoms with Crippen molar-refractivity contribution in [2.75, 3.05) is 32.8 Å². The van der Waals surface area contributed by atoms with E-state index in [9.17, 15) is 14.4 Å². The summed E-state index contributed by atoms with van der Waals surface area (Å²) < 4.78 is 21.3. The van der Waals surface area contributed by atoms with Crippen LogP contribution in [0.15, 0.2) is 36.8 Å². The van der Waals surface area contributed by atoms with Gasteiger partial charge in [-0.1, -0.05) is 17.7 Å². The van der Waals surface area contributed by atoms with Crippen LogP contribution in [0.25, 0.3) is 5.69 Å². The van der Waals surface area contributed by atoms with E-state index in [4.69, 9.17) is 16.3 Å². The lowest BCUT2D eigenvalue weighted by Gasteiger charge is -2.46. The number of nitrogens with zero attached hydrogens (tertiary/aromatic N) is 8. The van der Waals surface area contributed by atoms with Gasteiger partial charge in [0.15, 0.2) is 0 Å². The van der Waals surface area contributed by atoms with E-state index in [0.29, 0.717) is 49.7 Å². The molecule has 2 atom stereocenters. The lowest BCUT2D eigenvalue weighted by molar-refractivity contribution is -0.139. The summed E-state index contributed by atoms with van der Waals surface area (Å²) in [6.07, 6.45) is 2.95. The topological polar surface area (TPSA) is 113 Å². The van der Waals surface area contributed by atoms with E-state index in [1.54, 1.807) is 18.3 Å². The van der Waals surface area contributed by atoms with Gasteiger partial charge in [-0.15, -0.1) is 5.10 Å². The Kier molecular flexibility index (Phi) is 6.19. The molecule has 2 fully saturated rings. The summed E-state index contributed by atoms with van der Waals surface area (Å²) in [5.74, 6) is -0.638. The van der Waals surface area contributed by atoms with Gasteiger partial charge in [0.05, 0.1) is 42.1 Å². The van der Waals surface area contributed by atoms with Gasteiger partial charge in [-0.3, -0.25) is 14.7 Å². The predicted molar refractivity (Wildman–Crippen MR) is 117 cm³/mol. The van der Waals surface area contributed by atoms with E-state index >= 15 is 0 Å². The number of nitriles is 1. The molecular weight excluding hydrogens is 463 g/mol. The summed E-state index contributed by atoms with van der Waals surface area (Å²) in [6, 6.07) is 8.29. The highest BCUT2D eigenvalue weighted by Crippen LogP contribution is 2.34. The Morgan fingerprint density at radius 2 is 2.15 bits per heavy atom. The number of benzene rings is 1. The molecule has 12 heteroatoms. The van der Waals surface area contributed by atoms with Gasteiger partial charge in [0.1, 0.15) is 23.8 Å². The standard InChI is InChI=1S/C22H20ClFN8O2/c23-22-17(3-4-19(24)18(22)8-25)20-11-30-5-6-31(10-16(30)12-34-20)21(33)7-14-1-2-15(9-26-14)32-13-27-28-29-32/h1-4,9,13,16,20H,5-7,10-12H2/t16-,20-/m0/s1. The van der Waals surface area contributed by atoms with Crippen LogP contribution < -0.4 is 0 Å². The van der Waals surface area contributed by atoms with Gasteiger partial charge < -0.3 is 9.64 Å². The Balaban J connectivity index is 1.19. The van der Waals surface area contributed by atoms with Crippen LogP contribution in [0, 0.1) is 17.1 Å². The lowest BCUT2D eigenvalue weighted by Crippen LogP contribution is -2.59. The van der Waals surface area contributed by atoms with E-state index in [2.05, 4.69) is 25.4 Å². The van der Waals surface area contributed by atoms with Gasteiger partial charge in [0.25, 0.3) is 0 Å². The largest absolute Gasteiger partial charge is 0.370 e. The highest BCUT2D eigenvalue weighted by Gasteiger charge is 2.36. The van der Waals surface area contributed by atoms with Gasteiger partial charge in [0, 0.05) is 37.4 Å². The van der Waals surface area contributed by atoms with E-state index in [1.807, 2.05) is 17.0 Å². The zero-order chi connectivity index (χ0) is 23.7. The van der Waals surface area contributed by atoms with Gasteiger partial charge in [0.2, 0.25) is 5.91 Å². The molecule has 4 heterocycles. The first-order valence-electron chi connectivity index (χ1n) is 10.7. The van der Waals surface area contributed by atoms with Crippen molar-refractivity contribution < 1.29 is 13.9 Å². The molecule has 0 unspecified atom stereocenters. The molecular formula is C22H20ClFN8O2. The number of tetrazole rings is 1. The van der Waals surface area contributed by atoms with E-state index in [0.717, 1.165) is 0 Å². The lowest BCUT2D eigenvalue weighted by atomic mass is 10.0. The van der Waals surface area contributed by atoms with Gasteiger partial charge >= 0.3 is 0 Å². The number of fused-ring (bicyclic) bond motifs is 1. The minimum Gasteiger partial charge on any atom is -0.370 e. The fourth-order valence-electron chi connectivity index (χ4n) is 4.32. The zero-order valence-corrected chi connectivity index (χ0v) is 18.8. The quantitative estimate of drug-likeness (QED) is 0.550. The number of carbonyl (C=O) groups excluding carboxylic acids is 1. The van der Waals surface area contributed by atoms with Crippen LogP contribution in [-0.2, 0) is 16.0 Å². The second kappa shape index (κ2) is 9.42. The number of pyridine rings is 1. The highest BCUT2D eigenvalue weighted by atomic mass is 35.5. The number of halogens is 2. The molecule has 0 radical (unpaired) electrons. The fourth-order valence-corrected chi connectivity index (χ4v) is 4.64. The van der Waals surface area contributed by atoms with Gasteiger partial charge in [-0.05, 0) is 28.6 Å². The molecule has 3 aromatic rings. The monoisotopic (exact) mass is 482 g/mol. The highest BCUT2D eigenvalue weighted by molar-refractivity contribution is 6.32. The Labute approximate surface area is 199 Å². The summed E-state index contributed by atoms with van der Waals surface area (Å²) in [7, 11) is 0. The summed E-state index contributed by atoms with van der Waals surface area (Å²) in [5, 5.41) is 20.3. The number of carbonyl (C=O) groups is 1. The second-order valence-electron chi connectivity index (χ2n) is 8.19. The van der Waals surface area contributed by atoms with Crippen molar-refractivity contribution in [2.24, 2.45) is 0 Å². The molecule has 0 N–H and O–H groups in total. The first-order chi connectivity index (χ1) is 16.5. The third kappa shape index (κ3) is 4.35. The molecule has 0 saturated carbocycles. The number of hydrogen-bond donors (Lipinski definition) is 0. The smallest absolute Gasteiger partial charge is 0.228 e. The molecule has 0 bridgehead atoms. The SMILES string of the molecule is N#Cc1c(F)ccc([C@@H]2CN3CCN(C(=O)Cc4ccc(-n5cnnn5)cn4)C[C@H]3CO2)c1Cl. The molecule has 2 aliphatic rings. The van der Waals surface area contributed by atoms with E-state index in [-0.39, 0.29) is 35.1 Å². The molecule has 0 aliphatic carbocycles. The summed E-state index contributed by atoms with van der Waals surface area (Å²) in [5.41, 5.74) is 1.82. The third-order valence-corrected chi connectivity index (χ3v) is 6.59. The fraction of sp³-hybridized carbons (Fsp3) is 0.364. The van der Waals surface area contributed by atoms with Crippen molar-refractivity contribution in [3.05, 3.63) is 64.5 Å². The predicted octanol–water partition coefficient (Wildman–Crippen LogP) is 1.55. The molecule has 10 nitrogen and oxygen atoms in total. The molecule has 34 heavy (non-hydrogen) atoms. The third-order valence-electron chi connectivity index (χ3n) is 6.18. The minimum atomic E-state index is -0.642. The van der Waals surface area contributed by atoms with Crippen molar-refractivity contribution in [1.82, 2.24) is 35.0 Å². The van der Waals surface area contributed by atoms with Crippen molar-refractivity contribution in [1.29, 1.82) is 5.26 Å². The number of morpholine rings is 1. The maximum Gasteiger partial charge on any atom is 0.228 e. The summed E-state index contributed by atoms with van der Waals surface area (Å²) in [4.78, 5) is 21.3. The minimum absolute atomic E-state index is 0.00434. The van der Waals surface area contributed by atoms with Crippen molar-refractivity contribution in [3.8, 4) is 11.8 Å². The van der Waals surface area contributed by atoms with Crippen LogP contribution in [0.5, 0.6) is 0 Å². The van der Waals surface area contributed by atoms with Gasteiger partial charge in [-0.25, -0.2) is 4.39 Å². The van der Waals surface area contributed by atoms with E-state index in [1.165, 1.54) is 17.1 Å². The first-order valence-corrected chi connectivity index (χ1v) is 11.1. The molecule has 2 aliphatic heterocycles. The molecule has 0 spiro atoms. The van der Waals surface area contributed by atoms with Crippen LogP contribution in [0.3, 0.4) is 0 Å². The maximum absolute atomic E-state index is 13.8. The summed E-state index contributed by atoms with van der Waals surface area (Å²) in [6.45, 7) is 2.79.